The molecule has 0 aliphatic carbocycles. The van der Waals surface area contributed by atoms with Crippen LogP contribution in [0.2, 0.25) is 0 Å². The Morgan fingerprint density at radius 1 is 0.591 bits per heavy atom. The Labute approximate surface area is 157 Å². The number of hydrogen-bond acceptors (Lipinski definition) is 2. The van der Waals surface area contributed by atoms with Crippen molar-refractivity contribution in [1.82, 2.24) is 0 Å². The molecule has 8 heteroatoms. The standard InChI is InChI=1S/2C7H6O2.Ca.3H2O/c2*8-7(9)6-4-2-1-3-5-6;;;;/h2*1-5H,(H,8,9);;3*1H2. The van der Waals surface area contributed by atoms with Crippen LogP contribution in [0.15, 0.2) is 60.7 Å². The Hall–Kier alpha value is -1.48. The Morgan fingerprint density at radius 3 is 0.955 bits per heavy atom. The quantitative estimate of drug-likeness (QED) is 0.730. The van der Waals surface area contributed by atoms with Gasteiger partial charge in [-0.05, 0) is 24.3 Å². The molecule has 2 radical (unpaired) electrons. The normalized spacial score (nSPS) is 7.27. The monoisotopic (exact) mass is 338 g/mol. The van der Waals surface area contributed by atoms with Crippen molar-refractivity contribution < 1.29 is 36.2 Å². The molecule has 2 aromatic rings. The summed E-state index contributed by atoms with van der Waals surface area (Å²) in [6, 6.07) is 16.6. The molecule has 2 rings (SSSR count). The van der Waals surface area contributed by atoms with Crippen LogP contribution in [0.3, 0.4) is 0 Å². The van der Waals surface area contributed by atoms with Crippen molar-refractivity contribution in [2.24, 2.45) is 0 Å². The molecular weight excluding hydrogens is 320 g/mol. The fourth-order valence-corrected chi connectivity index (χ4v) is 1.16. The second kappa shape index (κ2) is 15.9. The summed E-state index contributed by atoms with van der Waals surface area (Å²) >= 11 is 0. The number of aromatic carboxylic acids is 2. The number of carbonyl (C=O) groups is 2. The number of carboxylic acids is 2. The van der Waals surface area contributed by atoms with Crippen LogP contribution < -0.4 is 0 Å². The topological polar surface area (TPSA) is 169 Å². The van der Waals surface area contributed by atoms with Crippen LogP contribution in [-0.2, 0) is 0 Å². The van der Waals surface area contributed by atoms with Crippen LogP contribution in [0, 0.1) is 0 Å². The Kier molecular flexibility index (Phi) is 20.7. The van der Waals surface area contributed by atoms with Crippen LogP contribution in [0.5, 0.6) is 0 Å². The molecule has 0 heterocycles. The van der Waals surface area contributed by atoms with Gasteiger partial charge in [-0.15, -0.1) is 0 Å². The van der Waals surface area contributed by atoms with Gasteiger partial charge in [0.15, 0.2) is 0 Å². The van der Waals surface area contributed by atoms with Gasteiger partial charge >= 0.3 is 11.9 Å². The number of benzene rings is 2. The van der Waals surface area contributed by atoms with Gasteiger partial charge < -0.3 is 26.6 Å². The molecule has 0 aliphatic heterocycles. The zero-order chi connectivity index (χ0) is 13.4. The van der Waals surface area contributed by atoms with Crippen LogP contribution in [0.25, 0.3) is 0 Å². The third kappa shape index (κ3) is 11.2. The van der Waals surface area contributed by atoms with Crippen LogP contribution in [0.1, 0.15) is 20.7 Å². The molecule has 7 nitrogen and oxygen atoms in total. The van der Waals surface area contributed by atoms with Crippen LogP contribution in [0.4, 0.5) is 0 Å². The smallest absolute Gasteiger partial charge is 0.335 e. The Balaban J connectivity index is -0.000000125. The first-order chi connectivity index (χ1) is 8.61. The summed E-state index contributed by atoms with van der Waals surface area (Å²) in [4.78, 5) is 20.4. The fraction of sp³-hybridized carbons (Fsp3) is 0. The summed E-state index contributed by atoms with van der Waals surface area (Å²) in [6.07, 6.45) is 0. The van der Waals surface area contributed by atoms with Gasteiger partial charge in [0.05, 0.1) is 11.1 Å². The SMILES string of the molecule is O.O.O.O=C(O)c1ccccc1.O=C(O)c1ccccc1.[Ca]. The van der Waals surface area contributed by atoms with Crippen LogP contribution in [-0.4, -0.2) is 76.3 Å². The molecule has 0 atom stereocenters. The molecule has 0 unspecified atom stereocenters. The van der Waals surface area contributed by atoms with E-state index in [-0.39, 0.29) is 54.2 Å². The van der Waals surface area contributed by atoms with Gasteiger partial charge in [0, 0.05) is 37.7 Å². The maximum Gasteiger partial charge on any atom is 0.335 e. The maximum absolute atomic E-state index is 10.2. The number of carboxylic acid groups (broad SMARTS) is 2. The van der Waals surface area contributed by atoms with Gasteiger partial charge in [-0.25, -0.2) is 9.59 Å². The van der Waals surface area contributed by atoms with Crippen molar-refractivity contribution in [2.45, 2.75) is 0 Å². The summed E-state index contributed by atoms with van der Waals surface area (Å²) in [5, 5.41) is 16.8. The van der Waals surface area contributed by atoms with Gasteiger partial charge in [-0.1, -0.05) is 36.4 Å². The van der Waals surface area contributed by atoms with Crippen molar-refractivity contribution in [3.8, 4) is 0 Å². The zero-order valence-electron chi connectivity index (χ0n) is 11.7. The third-order valence-electron chi connectivity index (χ3n) is 2.04. The molecule has 0 spiro atoms. The summed E-state index contributed by atoms with van der Waals surface area (Å²) in [5.74, 6) is -1.76. The minimum absolute atomic E-state index is 0. The van der Waals surface area contributed by atoms with Gasteiger partial charge in [-0.2, -0.15) is 0 Å². The molecule has 0 bridgehead atoms. The molecule has 0 saturated carbocycles. The van der Waals surface area contributed by atoms with E-state index in [2.05, 4.69) is 0 Å². The molecule has 0 aliphatic rings. The molecule has 0 saturated heterocycles. The first-order valence-electron chi connectivity index (χ1n) is 5.18. The van der Waals surface area contributed by atoms with Crippen molar-refractivity contribution in [2.75, 3.05) is 0 Å². The Morgan fingerprint density at radius 2 is 0.818 bits per heavy atom. The molecular formula is C14H18CaO7. The molecule has 22 heavy (non-hydrogen) atoms. The summed E-state index contributed by atoms with van der Waals surface area (Å²) in [6.45, 7) is 0. The second-order valence-electron chi connectivity index (χ2n) is 3.34. The molecule has 0 aromatic heterocycles. The average molecular weight is 338 g/mol. The minimum Gasteiger partial charge on any atom is -0.478 e. The molecule has 8 N–H and O–H groups in total. The van der Waals surface area contributed by atoms with Gasteiger partial charge in [-0.3, -0.25) is 0 Å². The van der Waals surface area contributed by atoms with Crippen molar-refractivity contribution in [3.05, 3.63) is 71.8 Å². The summed E-state index contributed by atoms with van der Waals surface area (Å²) in [5.41, 5.74) is 0.662. The van der Waals surface area contributed by atoms with E-state index in [9.17, 15) is 9.59 Å². The summed E-state index contributed by atoms with van der Waals surface area (Å²) in [7, 11) is 0. The fourth-order valence-electron chi connectivity index (χ4n) is 1.16. The van der Waals surface area contributed by atoms with E-state index < -0.39 is 11.9 Å². The predicted molar refractivity (Wildman–Crippen MR) is 83.4 cm³/mol. The van der Waals surface area contributed by atoms with Gasteiger partial charge in [0.25, 0.3) is 0 Å². The number of rotatable bonds is 2. The van der Waals surface area contributed by atoms with Crippen LogP contribution >= 0.6 is 0 Å². The molecule has 0 amide bonds. The largest absolute Gasteiger partial charge is 0.478 e. The van der Waals surface area contributed by atoms with E-state index in [4.69, 9.17) is 10.2 Å². The van der Waals surface area contributed by atoms with E-state index in [1.807, 2.05) is 0 Å². The van der Waals surface area contributed by atoms with Crippen molar-refractivity contribution in [1.29, 1.82) is 0 Å². The minimum atomic E-state index is -0.879. The average Bonchev–Trinajstić information content (AvgIpc) is 2.41. The number of hydrogen-bond donors (Lipinski definition) is 2. The summed E-state index contributed by atoms with van der Waals surface area (Å²) < 4.78 is 0. The first-order valence-corrected chi connectivity index (χ1v) is 5.18. The van der Waals surface area contributed by atoms with Crippen molar-refractivity contribution in [3.63, 3.8) is 0 Å². The van der Waals surface area contributed by atoms with Gasteiger partial charge in [0.1, 0.15) is 0 Å². The maximum atomic E-state index is 10.2. The van der Waals surface area contributed by atoms with Crippen molar-refractivity contribution >= 4 is 49.7 Å². The van der Waals surface area contributed by atoms with E-state index in [1.54, 1.807) is 60.7 Å². The van der Waals surface area contributed by atoms with E-state index >= 15 is 0 Å². The Bertz CT molecular complexity index is 468. The third-order valence-corrected chi connectivity index (χ3v) is 2.04. The second-order valence-corrected chi connectivity index (χ2v) is 3.34. The molecule has 2 aromatic carbocycles. The molecule has 0 fully saturated rings. The van der Waals surface area contributed by atoms with E-state index in [1.165, 1.54) is 0 Å². The van der Waals surface area contributed by atoms with E-state index in [0.717, 1.165) is 0 Å². The predicted octanol–water partition coefficient (Wildman–Crippen LogP) is -0.0853. The van der Waals surface area contributed by atoms with E-state index in [0.29, 0.717) is 11.1 Å². The van der Waals surface area contributed by atoms with Gasteiger partial charge in [0.2, 0.25) is 0 Å². The molecule has 118 valence electrons. The zero-order valence-corrected chi connectivity index (χ0v) is 13.9. The first kappa shape index (κ1) is 28.6.